The summed E-state index contributed by atoms with van der Waals surface area (Å²) < 4.78 is 18.6. The molecule has 0 fully saturated rings. The zero-order valence-corrected chi connectivity index (χ0v) is 13.1. The quantitative estimate of drug-likeness (QED) is 0.891. The van der Waals surface area contributed by atoms with E-state index in [-0.39, 0.29) is 23.6 Å². The maximum absolute atomic E-state index is 13.7. The number of aromatic amines is 1. The molecule has 2 rings (SSSR count). The van der Waals surface area contributed by atoms with Crippen molar-refractivity contribution in [2.45, 2.75) is 32.7 Å². The predicted molar refractivity (Wildman–Crippen MR) is 81.5 cm³/mol. The summed E-state index contributed by atoms with van der Waals surface area (Å²) >= 11 is 0. The summed E-state index contributed by atoms with van der Waals surface area (Å²) in [5.41, 5.74) is 1.88. The van der Waals surface area contributed by atoms with Crippen LogP contribution in [0, 0.1) is 5.82 Å². The van der Waals surface area contributed by atoms with Gasteiger partial charge in [-0.3, -0.25) is 9.89 Å². The Kier molecular flexibility index (Phi) is 4.80. The van der Waals surface area contributed by atoms with E-state index in [1.54, 1.807) is 25.1 Å². The highest BCUT2D eigenvalue weighted by Gasteiger charge is 2.16. The summed E-state index contributed by atoms with van der Waals surface area (Å²) in [5, 5.41) is 9.63. The van der Waals surface area contributed by atoms with Gasteiger partial charge in [-0.1, -0.05) is 19.9 Å². The molecule has 0 bridgehead atoms. The van der Waals surface area contributed by atoms with E-state index < -0.39 is 5.82 Å². The lowest BCUT2D eigenvalue weighted by atomic mass is 10.1. The number of halogens is 1. The van der Waals surface area contributed by atoms with Crippen molar-refractivity contribution in [3.05, 3.63) is 47.0 Å². The van der Waals surface area contributed by atoms with Crippen LogP contribution in [0.25, 0.3) is 0 Å². The van der Waals surface area contributed by atoms with Crippen LogP contribution in [0.5, 0.6) is 5.75 Å². The Labute approximate surface area is 128 Å². The van der Waals surface area contributed by atoms with E-state index in [1.165, 1.54) is 13.2 Å². The molecule has 1 heterocycles. The maximum atomic E-state index is 13.7. The van der Waals surface area contributed by atoms with E-state index in [4.69, 9.17) is 4.74 Å². The molecule has 0 aliphatic heterocycles. The van der Waals surface area contributed by atoms with Crippen LogP contribution in [0.1, 0.15) is 54.5 Å². The van der Waals surface area contributed by atoms with E-state index in [0.717, 1.165) is 5.69 Å². The average molecular weight is 305 g/mol. The van der Waals surface area contributed by atoms with Crippen molar-refractivity contribution in [3.8, 4) is 5.75 Å². The number of aromatic nitrogens is 2. The molecule has 0 aliphatic carbocycles. The molecule has 2 N–H and O–H groups in total. The Balaban J connectivity index is 2.08. The van der Waals surface area contributed by atoms with Crippen molar-refractivity contribution in [2.24, 2.45) is 0 Å². The van der Waals surface area contributed by atoms with E-state index in [2.05, 4.69) is 15.5 Å². The van der Waals surface area contributed by atoms with Crippen molar-refractivity contribution in [2.75, 3.05) is 7.11 Å². The van der Waals surface area contributed by atoms with Gasteiger partial charge < -0.3 is 10.1 Å². The van der Waals surface area contributed by atoms with Gasteiger partial charge in [0.25, 0.3) is 5.91 Å². The number of carbonyl (C=O) groups is 1. The lowest BCUT2D eigenvalue weighted by molar-refractivity contribution is 0.0934. The number of nitrogens with zero attached hydrogens (tertiary/aromatic N) is 1. The normalized spacial score (nSPS) is 12.3. The summed E-state index contributed by atoms with van der Waals surface area (Å²) in [6, 6.07) is 6.00. The van der Waals surface area contributed by atoms with Gasteiger partial charge in [0.05, 0.1) is 13.2 Å². The lowest BCUT2D eigenvalue weighted by Crippen LogP contribution is -2.27. The van der Waals surface area contributed by atoms with E-state index >= 15 is 0 Å². The van der Waals surface area contributed by atoms with Gasteiger partial charge in [0, 0.05) is 5.69 Å². The Hall–Kier alpha value is -2.37. The first kappa shape index (κ1) is 16.0. The van der Waals surface area contributed by atoms with Crippen LogP contribution in [0.15, 0.2) is 24.3 Å². The molecule has 22 heavy (non-hydrogen) atoms. The molecule has 118 valence electrons. The Bertz CT molecular complexity index is 667. The second-order valence-electron chi connectivity index (χ2n) is 5.45. The van der Waals surface area contributed by atoms with Crippen LogP contribution in [-0.2, 0) is 0 Å². The minimum Gasteiger partial charge on any atom is -0.494 e. The smallest absolute Gasteiger partial charge is 0.272 e. The van der Waals surface area contributed by atoms with Crippen molar-refractivity contribution in [3.63, 3.8) is 0 Å². The number of rotatable bonds is 5. The molecular weight excluding hydrogens is 285 g/mol. The second kappa shape index (κ2) is 6.60. The number of hydrogen-bond acceptors (Lipinski definition) is 3. The van der Waals surface area contributed by atoms with Gasteiger partial charge in [-0.25, -0.2) is 4.39 Å². The lowest BCUT2D eigenvalue weighted by Gasteiger charge is -2.14. The first-order valence-corrected chi connectivity index (χ1v) is 7.12. The van der Waals surface area contributed by atoms with Gasteiger partial charge in [-0.15, -0.1) is 0 Å². The molecule has 1 aromatic heterocycles. The molecular formula is C16H20FN3O2. The second-order valence-corrected chi connectivity index (χ2v) is 5.45. The van der Waals surface area contributed by atoms with Crippen LogP contribution < -0.4 is 10.1 Å². The molecule has 1 aromatic carbocycles. The summed E-state index contributed by atoms with van der Waals surface area (Å²) in [4.78, 5) is 12.2. The number of hydrogen-bond donors (Lipinski definition) is 2. The van der Waals surface area contributed by atoms with Crippen LogP contribution in [0.4, 0.5) is 4.39 Å². The molecule has 1 amide bonds. The minimum atomic E-state index is -0.456. The SMILES string of the molecule is COc1ccc(C(C)NC(=O)c2cc(C(C)C)[nH]n2)cc1F. The van der Waals surface area contributed by atoms with Crippen LogP contribution >= 0.6 is 0 Å². The van der Waals surface area contributed by atoms with Crippen LogP contribution in [0.3, 0.4) is 0 Å². The highest BCUT2D eigenvalue weighted by Crippen LogP contribution is 2.22. The molecule has 0 spiro atoms. The van der Waals surface area contributed by atoms with Gasteiger partial charge >= 0.3 is 0 Å². The zero-order chi connectivity index (χ0) is 16.3. The molecule has 0 saturated carbocycles. The maximum Gasteiger partial charge on any atom is 0.272 e. The molecule has 0 aliphatic rings. The first-order valence-electron chi connectivity index (χ1n) is 7.12. The van der Waals surface area contributed by atoms with Crippen molar-refractivity contribution >= 4 is 5.91 Å². The minimum absolute atomic E-state index is 0.177. The van der Waals surface area contributed by atoms with Gasteiger partial charge in [0.15, 0.2) is 11.6 Å². The third kappa shape index (κ3) is 3.44. The molecule has 0 saturated heterocycles. The predicted octanol–water partition coefficient (Wildman–Crippen LogP) is 3.17. The number of amides is 1. The van der Waals surface area contributed by atoms with E-state index in [1.807, 2.05) is 13.8 Å². The van der Waals surface area contributed by atoms with Crippen LogP contribution in [0.2, 0.25) is 0 Å². The zero-order valence-electron chi connectivity index (χ0n) is 13.1. The third-order valence-electron chi connectivity index (χ3n) is 3.48. The summed E-state index contributed by atoms with van der Waals surface area (Å²) in [6.07, 6.45) is 0. The highest BCUT2D eigenvalue weighted by atomic mass is 19.1. The van der Waals surface area contributed by atoms with Gasteiger partial charge in [-0.05, 0) is 36.6 Å². The Morgan fingerprint density at radius 2 is 2.05 bits per heavy atom. The molecule has 0 radical (unpaired) electrons. The molecule has 1 atom stereocenters. The standard InChI is InChI=1S/C16H20FN3O2/c1-9(2)13-8-14(20-19-13)16(21)18-10(3)11-5-6-15(22-4)12(17)7-11/h5-10H,1-4H3,(H,18,21)(H,19,20). The van der Waals surface area contributed by atoms with Gasteiger partial charge in [0.2, 0.25) is 0 Å². The Morgan fingerprint density at radius 3 is 2.59 bits per heavy atom. The number of carbonyl (C=O) groups excluding carboxylic acids is 1. The van der Waals surface area contributed by atoms with E-state index in [9.17, 15) is 9.18 Å². The first-order chi connectivity index (χ1) is 10.4. The summed E-state index contributed by atoms with van der Waals surface area (Å²) in [6.45, 7) is 5.81. The number of H-pyrrole nitrogens is 1. The third-order valence-corrected chi connectivity index (χ3v) is 3.48. The topological polar surface area (TPSA) is 67.0 Å². The van der Waals surface area contributed by atoms with Crippen molar-refractivity contribution in [1.82, 2.24) is 15.5 Å². The van der Waals surface area contributed by atoms with Crippen molar-refractivity contribution in [1.29, 1.82) is 0 Å². The number of nitrogens with one attached hydrogen (secondary N) is 2. The summed E-state index contributed by atoms with van der Waals surface area (Å²) in [7, 11) is 1.41. The summed E-state index contributed by atoms with van der Waals surface area (Å²) in [5.74, 6) is -0.312. The van der Waals surface area contributed by atoms with Gasteiger partial charge in [0.1, 0.15) is 5.69 Å². The number of methoxy groups -OCH3 is 1. The van der Waals surface area contributed by atoms with Crippen LogP contribution in [-0.4, -0.2) is 23.2 Å². The highest BCUT2D eigenvalue weighted by molar-refractivity contribution is 5.92. The largest absolute Gasteiger partial charge is 0.494 e. The molecule has 6 heteroatoms. The number of ether oxygens (including phenoxy) is 1. The average Bonchev–Trinajstić information content (AvgIpc) is 2.97. The number of benzene rings is 1. The van der Waals surface area contributed by atoms with Gasteiger partial charge in [-0.2, -0.15) is 5.10 Å². The molecule has 5 nitrogen and oxygen atoms in total. The fourth-order valence-corrected chi connectivity index (χ4v) is 2.05. The monoisotopic (exact) mass is 305 g/mol. The molecule has 2 aromatic rings. The van der Waals surface area contributed by atoms with E-state index in [0.29, 0.717) is 11.3 Å². The Morgan fingerprint density at radius 1 is 1.32 bits per heavy atom. The molecule has 1 unspecified atom stereocenters. The fraction of sp³-hybridized carbons (Fsp3) is 0.375. The fourth-order valence-electron chi connectivity index (χ4n) is 2.05. The van der Waals surface area contributed by atoms with Crippen molar-refractivity contribution < 1.29 is 13.9 Å².